The molecule has 1 aromatic heterocycles. The van der Waals surface area contributed by atoms with Gasteiger partial charge in [0.05, 0.1) is 11.1 Å². The molecule has 2 aromatic rings. The lowest BCUT2D eigenvalue weighted by Crippen LogP contribution is -2.24. The van der Waals surface area contributed by atoms with E-state index in [-0.39, 0.29) is 17.9 Å². The molecule has 0 bridgehead atoms. The number of carbonyl (C=O) groups is 2. The summed E-state index contributed by atoms with van der Waals surface area (Å²) in [6, 6.07) is 7.46. The zero-order valence-electron chi connectivity index (χ0n) is 16.7. The lowest BCUT2D eigenvalue weighted by atomic mass is 10.0. The normalized spacial score (nSPS) is 13.3. The van der Waals surface area contributed by atoms with Gasteiger partial charge in [0.1, 0.15) is 11.6 Å². The Morgan fingerprint density at radius 3 is 2.93 bits per heavy atom. The molecule has 29 heavy (non-hydrogen) atoms. The maximum atomic E-state index is 12.6. The maximum absolute atomic E-state index is 12.6. The highest BCUT2D eigenvalue weighted by molar-refractivity contribution is 6.32. The summed E-state index contributed by atoms with van der Waals surface area (Å²) >= 11 is 6.27. The van der Waals surface area contributed by atoms with Gasteiger partial charge in [-0.25, -0.2) is 4.98 Å². The van der Waals surface area contributed by atoms with Crippen LogP contribution in [-0.4, -0.2) is 34.8 Å². The van der Waals surface area contributed by atoms with Crippen LogP contribution in [0.5, 0.6) is 5.75 Å². The molecule has 1 aromatic carbocycles. The third kappa shape index (κ3) is 5.35. The number of para-hydroxylation sites is 1. The van der Waals surface area contributed by atoms with Crippen LogP contribution in [0.2, 0.25) is 5.02 Å². The number of aryl methyl sites for hydroxylation is 1. The molecule has 2 heterocycles. The van der Waals surface area contributed by atoms with Gasteiger partial charge in [0.15, 0.2) is 0 Å². The Morgan fingerprint density at radius 1 is 1.38 bits per heavy atom. The standard InChI is InChI=1S/C22H24ClN3O3/c1-14(2)29-21-17(5-4-6-18(21)23)13-26(3)20(28)10-7-15-11-16-8-9-19(27)25-22(16)24-12-15/h4-7,10-12,14H,8-9,13H2,1-3H3,(H,24,25,27)/b10-7+. The summed E-state index contributed by atoms with van der Waals surface area (Å²) in [4.78, 5) is 29.8. The highest BCUT2D eigenvalue weighted by Crippen LogP contribution is 2.30. The van der Waals surface area contributed by atoms with Crippen LogP contribution in [0.4, 0.5) is 5.82 Å². The van der Waals surface area contributed by atoms with Crippen LogP contribution in [0.1, 0.15) is 37.0 Å². The largest absolute Gasteiger partial charge is 0.489 e. The number of hydrogen-bond acceptors (Lipinski definition) is 4. The first-order chi connectivity index (χ1) is 13.8. The second kappa shape index (κ2) is 9.09. The Hall–Kier alpha value is -2.86. The van der Waals surface area contributed by atoms with Crippen molar-refractivity contribution in [2.75, 3.05) is 12.4 Å². The van der Waals surface area contributed by atoms with E-state index in [1.54, 1.807) is 30.3 Å². The van der Waals surface area contributed by atoms with E-state index >= 15 is 0 Å². The molecule has 6 nitrogen and oxygen atoms in total. The van der Waals surface area contributed by atoms with E-state index in [1.807, 2.05) is 32.0 Å². The van der Waals surface area contributed by atoms with Crippen molar-refractivity contribution in [2.45, 2.75) is 39.3 Å². The molecule has 0 unspecified atom stereocenters. The van der Waals surface area contributed by atoms with E-state index in [0.717, 1.165) is 16.7 Å². The number of nitrogens with zero attached hydrogens (tertiary/aromatic N) is 2. The van der Waals surface area contributed by atoms with E-state index in [2.05, 4.69) is 10.3 Å². The minimum absolute atomic E-state index is 0.0177. The minimum Gasteiger partial charge on any atom is -0.489 e. The number of anilines is 1. The van der Waals surface area contributed by atoms with E-state index in [4.69, 9.17) is 16.3 Å². The first kappa shape index (κ1) is 20.9. The highest BCUT2D eigenvalue weighted by atomic mass is 35.5. The monoisotopic (exact) mass is 413 g/mol. The van der Waals surface area contributed by atoms with Gasteiger partial charge < -0.3 is 15.0 Å². The molecule has 7 heteroatoms. The molecule has 0 fully saturated rings. The molecule has 1 aliphatic rings. The molecule has 1 aliphatic heterocycles. The Balaban J connectivity index is 1.69. The summed E-state index contributed by atoms with van der Waals surface area (Å²) in [5.74, 6) is 1.03. The zero-order chi connectivity index (χ0) is 21.0. The molecule has 2 amide bonds. The highest BCUT2D eigenvalue weighted by Gasteiger charge is 2.16. The minimum atomic E-state index is -0.147. The second-order valence-corrected chi connectivity index (χ2v) is 7.65. The van der Waals surface area contributed by atoms with Crippen LogP contribution < -0.4 is 10.1 Å². The molecular weight excluding hydrogens is 390 g/mol. The molecule has 0 atom stereocenters. The summed E-state index contributed by atoms with van der Waals surface area (Å²) in [6.07, 6.45) is 5.96. The van der Waals surface area contributed by atoms with E-state index in [1.165, 1.54) is 6.08 Å². The van der Waals surface area contributed by atoms with Gasteiger partial charge in [-0.3, -0.25) is 9.59 Å². The summed E-state index contributed by atoms with van der Waals surface area (Å²) < 4.78 is 5.82. The first-order valence-electron chi connectivity index (χ1n) is 9.49. The number of carbonyl (C=O) groups excluding carboxylic acids is 2. The van der Waals surface area contributed by atoms with Crippen molar-refractivity contribution in [3.8, 4) is 5.75 Å². The van der Waals surface area contributed by atoms with Gasteiger partial charge >= 0.3 is 0 Å². The lowest BCUT2D eigenvalue weighted by Gasteiger charge is -2.20. The molecule has 3 rings (SSSR count). The van der Waals surface area contributed by atoms with Crippen LogP contribution in [0.3, 0.4) is 0 Å². The Bertz CT molecular complexity index is 956. The van der Waals surface area contributed by atoms with Crippen molar-refractivity contribution in [3.05, 3.63) is 58.3 Å². The van der Waals surface area contributed by atoms with Crippen LogP contribution in [0, 0.1) is 0 Å². The summed E-state index contributed by atoms with van der Waals surface area (Å²) in [7, 11) is 1.73. The first-order valence-corrected chi connectivity index (χ1v) is 9.87. The number of benzene rings is 1. The Labute approximate surface area is 175 Å². The van der Waals surface area contributed by atoms with Crippen molar-refractivity contribution in [1.29, 1.82) is 0 Å². The number of ether oxygens (including phenoxy) is 1. The van der Waals surface area contributed by atoms with E-state index in [9.17, 15) is 9.59 Å². The van der Waals surface area contributed by atoms with Gasteiger partial charge in [-0.2, -0.15) is 0 Å². The van der Waals surface area contributed by atoms with Crippen molar-refractivity contribution >= 4 is 35.3 Å². The average Bonchev–Trinajstić information content (AvgIpc) is 2.68. The van der Waals surface area contributed by atoms with Crippen molar-refractivity contribution < 1.29 is 14.3 Å². The molecule has 0 spiro atoms. The lowest BCUT2D eigenvalue weighted by molar-refractivity contribution is -0.125. The predicted octanol–water partition coefficient (Wildman–Crippen LogP) is 4.08. The molecule has 0 saturated carbocycles. The number of aromatic nitrogens is 1. The number of likely N-dealkylation sites (N-methyl/N-ethyl adjacent to an activating group) is 1. The van der Waals surface area contributed by atoms with Gasteiger partial charge in [-0.05, 0) is 49.6 Å². The van der Waals surface area contributed by atoms with E-state index in [0.29, 0.717) is 36.0 Å². The number of hydrogen-bond donors (Lipinski definition) is 1. The summed E-state index contributed by atoms with van der Waals surface area (Å²) in [5.41, 5.74) is 2.64. The molecule has 152 valence electrons. The molecule has 1 N–H and O–H groups in total. The predicted molar refractivity (Wildman–Crippen MR) is 114 cm³/mol. The van der Waals surface area contributed by atoms with E-state index < -0.39 is 0 Å². The fourth-order valence-corrected chi connectivity index (χ4v) is 3.28. The fourth-order valence-electron chi connectivity index (χ4n) is 3.04. The number of nitrogens with one attached hydrogen (secondary N) is 1. The van der Waals surface area contributed by atoms with Crippen molar-refractivity contribution in [3.63, 3.8) is 0 Å². The topological polar surface area (TPSA) is 71.5 Å². The molecule has 0 saturated heterocycles. The van der Waals surface area contributed by atoms with Crippen LogP contribution >= 0.6 is 11.6 Å². The third-order valence-corrected chi connectivity index (χ3v) is 4.77. The fraction of sp³-hybridized carbons (Fsp3) is 0.318. The number of fused-ring (bicyclic) bond motifs is 1. The quantitative estimate of drug-likeness (QED) is 0.724. The number of pyridine rings is 1. The Kier molecular flexibility index (Phi) is 6.54. The maximum Gasteiger partial charge on any atom is 0.246 e. The van der Waals surface area contributed by atoms with Crippen LogP contribution in [0.25, 0.3) is 6.08 Å². The SMILES string of the molecule is CC(C)Oc1c(Cl)cccc1CN(C)C(=O)/C=C/c1cnc2c(c1)CCC(=O)N2. The van der Waals surface area contributed by atoms with Gasteiger partial charge in [-0.15, -0.1) is 0 Å². The smallest absolute Gasteiger partial charge is 0.246 e. The molecule has 0 radical (unpaired) electrons. The Morgan fingerprint density at radius 2 is 2.17 bits per heavy atom. The average molecular weight is 414 g/mol. The number of halogens is 1. The van der Waals surface area contributed by atoms with Crippen molar-refractivity contribution in [2.24, 2.45) is 0 Å². The molecular formula is C22H24ClN3O3. The summed E-state index contributed by atoms with van der Waals surface area (Å²) in [6.45, 7) is 4.24. The van der Waals surface area contributed by atoms with Gasteiger partial charge in [0.25, 0.3) is 0 Å². The van der Waals surface area contributed by atoms with Gasteiger partial charge in [0, 0.05) is 37.8 Å². The van der Waals surface area contributed by atoms with Gasteiger partial charge in [-0.1, -0.05) is 23.7 Å². The molecule has 0 aliphatic carbocycles. The van der Waals surface area contributed by atoms with Crippen LogP contribution in [-0.2, 0) is 22.6 Å². The summed E-state index contributed by atoms with van der Waals surface area (Å²) in [5, 5.41) is 3.28. The zero-order valence-corrected chi connectivity index (χ0v) is 17.5. The number of rotatable bonds is 6. The second-order valence-electron chi connectivity index (χ2n) is 7.25. The van der Waals surface area contributed by atoms with Gasteiger partial charge in [0.2, 0.25) is 11.8 Å². The van der Waals surface area contributed by atoms with Crippen molar-refractivity contribution in [1.82, 2.24) is 9.88 Å². The third-order valence-electron chi connectivity index (χ3n) is 4.47. The van der Waals surface area contributed by atoms with Crippen LogP contribution in [0.15, 0.2) is 36.5 Å². The number of amides is 2.